The monoisotopic (exact) mass is 304 g/mol. The van der Waals surface area contributed by atoms with Gasteiger partial charge in [0, 0.05) is 43.9 Å². The van der Waals surface area contributed by atoms with Crippen LogP contribution in [0.2, 0.25) is 0 Å². The van der Waals surface area contributed by atoms with E-state index in [2.05, 4.69) is 10.2 Å². The van der Waals surface area contributed by atoms with Crippen molar-refractivity contribution in [2.45, 2.75) is 13.0 Å². The van der Waals surface area contributed by atoms with Crippen molar-refractivity contribution in [3.63, 3.8) is 0 Å². The molecule has 1 aliphatic rings. The summed E-state index contributed by atoms with van der Waals surface area (Å²) in [5, 5.41) is 3.30. The van der Waals surface area contributed by atoms with Crippen LogP contribution in [0, 0.1) is 5.82 Å². The molecular formula is C14H22ClFN2O2. The summed E-state index contributed by atoms with van der Waals surface area (Å²) in [6.07, 6.45) is 0. The van der Waals surface area contributed by atoms with Crippen molar-refractivity contribution in [2.75, 3.05) is 40.4 Å². The molecule has 0 spiro atoms. The zero-order chi connectivity index (χ0) is 13.8. The molecule has 1 N–H and O–H groups in total. The van der Waals surface area contributed by atoms with Gasteiger partial charge in [-0.05, 0) is 13.0 Å². The van der Waals surface area contributed by atoms with Crippen LogP contribution in [-0.4, -0.2) is 45.3 Å². The fourth-order valence-electron chi connectivity index (χ4n) is 2.46. The predicted molar refractivity (Wildman–Crippen MR) is 79.6 cm³/mol. The second-order valence-electron chi connectivity index (χ2n) is 4.69. The van der Waals surface area contributed by atoms with Crippen molar-refractivity contribution < 1.29 is 13.9 Å². The predicted octanol–water partition coefficient (Wildman–Crippen LogP) is 2.23. The van der Waals surface area contributed by atoms with Gasteiger partial charge in [-0.3, -0.25) is 4.90 Å². The Morgan fingerprint density at radius 1 is 1.15 bits per heavy atom. The van der Waals surface area contributed by atoms with Crippen molar-refractivity contribution in [3.05, 3.63) is 23.5 Å². The summed E-state index contributed by atoms with van der Waals surface area (Å²) in [4.78, 5) is 2.26. The second-order valence-corrected chi connectivity index (χ2v) is 4.69. The molecule has 1 aliphatic heterocycles. The number of ether oxygens (including phenoxy) is 2. The largest absolute Gasteiger partial charge is 0.493 e. The molecule has 4 nitrogen and oxygen atoms in total. The molecule has 0 amide bonds. The van der Waals surface area contributed by atoms with Crippen LogP contribution in [0.25, 0.3) is 0 Å². The minimum atomic E-state index is -0.247. The third-order valence-electron chi connectivity index (χ3n) is 3.65. The van der Waals surface area contributed by atoms with Crippen LogP contribution in [0.15, 0.2) is 12.1 Å². The molecule has 1 saturated heterocycles. The molecule has 2 rings (SSSR count). The molecule has 1 aromatic rings. The molecule has 1 heterocycles. The molecule has 6 heteroatoms. The summed E-state index contributed by atoms with van der Waals surface area (Å²) in [5.74, 6) is 0.751. The van der Waals surface area contributed by atoms with E-state index in [-0.39, 0.29) is 24.3 Å². The minimum absolute atomic E-state index is 0. The van der Waals surface area contributed by atoms with E-state index in [1.165, 1.54) is 13.2 Å². The van der Waals surface area contributed by atoms with Crippen molar-refractivity contribution in [3.8, 4) is 11.5 Å². The van der Waals surface area contributed by atoms with Crippen LogP contribution >= 0.6 is 12.4 Å². The average Bonchev–Trinajstić information content (AvgIpc) is 2.47. The highest BCUT2D eigenvalue weighted by molar-refractivity contribution is 5.85. The summed E-state index contributed by atoms with van der Waals surface area (Å²) in [6.45, 7) is 5.76. The van der Waals surface area contributed by atoms with E-state index >= 15 is 0 Å². The highest BCUT2D eigenvalue weighted by Crippen LogP contribution is 2.34. The van der Waals surface area contributed by atoms with Crippen LogP contribution in [0.4, 0.5) is 4.39 Å². The zero-order valence-corrected chi connectivity index (χ0v) is 12.9. The SMILES string of the molecule is COc1cc(F)c([C@H](C)N2CCNCC2)cc1OC.Cl. The Kier molecular flexibility index (Phi) is 6.52. The molecule has 114 valence electrons. The molecule has 1 atom stereocenters. The standard InChI is InChI=1S/C14H21FN2O2.ClH/c1-10(17-6-4-16-5-7-17)11-8-13(18-2)14(19-3)9-12(11)15;/h8-10,16H,4-7H2,1-3H3;1H/t10-;/m0./s1. The van der Waals surface area contributed by atoms with E-state index in [0.29, 0.717) is 17.1 Å². The van der Waals surface area contributed by atoms with Crippen LogP contribution < -0.4 is 14.8 Å². The minimum Gasteiger partial charge on any atom is -0.493 e. The number of hydrogen-bond donors (Lipinski definition) is 1. The maximum atomic E-state index is 14.2. The second kappa shape index (κ2) is 7.67. The third kappa shape index (κ3) is 3.53. The molecule has 0 radical (unpaired) electrons. The van der Waals surface area contributed by atoms with Gasteiger partial charge in [-0.2, -0.15) is 0 Å². The molecular weight excluding hydrogens is 283 g/mol. The molecule has 20 heavy (non-hydrogen) atoms. The van der Waals surface area contributed by atoms with Crippen molar-refractivity contribution >= 4 is 12.4 Å². The third-order valence-corrected chi connectivity index (χ3v) is 3.65. The lowest BCUT2D eigenvalue weighted by Gasteiger charge is -2.33. The van der Waals surface area contributed by atoms with E-state index in [9.17, 15) is 4.39 Å². The molecule has 1 fully saturated rings. The fraction of sp³-hybridized carbons (Fsp3) is 0.571. The first-order chi connectivity index (χ1) is 9.17. The van der Waals surface area contributed by atoms with Gasteiger partial charge in [0.2, 0.25) is 0 Å². The van der Waals surface area contributed by atoms with E-state index < -0.39 is 0 Å². The number of nitrogens with zero attached hydrogens (tertiary/aromatic N) is 1. The van der Waals surface area contributed by atoms with Gasteiger partial charge in [0.15, 0.2) is 11.5 Å². The van der Waals surface area contributed by atoms with E-state index in [1.54, 1.807) is 13.2 Å². The summed E-state index contributed by atoms with van der Waals surface area (Å²) >= 11 is 0. The number of benzene rings is 1. The number of methoxy groups -OCH3 is 2. The van der Waals surface area contributed by atoms with Crippen LogP contribution in [-0.2, 0) is 0 Å². The van der Waals surface area contributed by atoms with Crippen LogP contribution in [0.5, 0.6) is 11.5 Å². The number of piperazine rings is 1. The Hall–Kier alpha value is -1.04. The van der Waals surface area contributed by atoms with Gasteiger partial charge in [0.25, 0.3) is 0 Å². The molecule has 0 aliphatic carbocycles. The lowest BCUT2D eigenvalue weighted by molar-refractivity contribution is 0.182. The van der Waals surface area contributed by atoms with Crippen LogP contribution in [0.3, 0.4) is 0 Å². The molecule has 0 bridgehead atoms. The molecule has 0 aromatic heterocycles. The quantitative estimate of drug-likeness (QED) is 0.925. The Morgan fingerprint density at radius 3 is 2.25 bits per heavy atom. The molecule has 1 aromatic carbocycles. The first-order valence-electron chi connectivity index (χ1n) is 6.53. The lowest BCUT2D eigenvalue weighted by atomic mass is 10.0. The van der Waals surface area contributed by atoms with Crippen molar-refractivity contribution in [2.24, 2.45) is 0 Å². The summed E-state index contributed by atoms with van der Waals surface area (Å²) < 4.78 is 24.5. The number of hydrogen-bond acceptors (Lipinski definition) is 4. The maximum absolute atomic E-state index is 14.2. The van der Waals surface area contributed by atoms with E-state index in [1.807, 2.05) is 6.92 Å². The Bertz CT molecular complexity index is 439. The molecule has 0 saturated carbocycles. The number of halogens is 2. The van der Waals surface area contributed by atoms with Gasteiger partial charge in [-0.25, -0.2) is 4.39 Å². The number of rotatable bonds is 4. The fourth-order valence-corrected chi connectivity index (χ4v) is 2.46. The Morgan fingerprint density at radius 2 is 1.70 bits per heavy atom. The maximum Gasteiger partial charge on any atom is 0.163 e. The smallest absolute Gasteiger partial charge is 0.163 e. The first-order valence-corrected chi connectivity index (χ1v) is 6.53. The Balaban J connectivity index is 0.00000200. The van der Waals surface area contributed by atoms with E-state index in [4.69, 9.17) is 9.47 Å². The average molecular weight is 305 g/mol. The lowest BCUT2D eigenvalue weighted by Crippen LogP contribution is -2.44. The van der Waals surface area contributed by atoms with Gasteiger partial charge >= 0.3 is 0 Å². The van der Waals surface area contributed by atoms with Gasteiger partial charge in [0.1, 0.15) is 5.82 Å². The molecule has 0 unspecified atom stereocenters. The van der Waals surface area contributed by atoms with Gasteiger partial charge < -0.3 is 14.8 Å². The van der Waals surface area contributed by atoms with E-state index in [0.717, 1.165) is 26.2 Å². The van der Waals surface area contributed by atoms with Crippen LogP contribution in [0.1, 0.15) is 18.5 Å². The van der Waals surface area contributed by atoms with Gasteiger partial charge in [0.05, 0.1) is 14.2 Å². The normalized spacial score (nSPS) is 17.2. The topological polar surface area (TPSA) is 33.7 Å². The summed E-state index contributed by atoms with van der Waals surface area (Å²) in [5.41, 5.74) is 0.652. The van der Waals surface area contributed by atoms with Gasteiger partial charge in [-0.15, -0.1) is 12.4 Å². The summed E-state index contributed by atoms with van der Waals surface area (Å²) in [6, 6.07) is 3.16. The van der Waals surface area contributed by atoms with Gasteiger partial charge in [-0.1, -0.05) is 0 Å². The number of nitrogens with one attached hydrogen (secondary N) is 1. The first kappa shape index (κ1) is 17.0. The van der Waals surface area contributed by atoms with Crippen molar-refractivity contribution in [1.29, 1.82) is 0 Å². The highest BCUT2D eigenvalue weighted by Gasteiger charge is 2.22. The summed E-state index contributed by atoms with van der Waals surface area (Å²) in [7, 11) is 3.08. The van der Waals surface area contributed by atoms with Crippen molar-refractivity contribution in [1.82, 2.24) is 10.2 Å². The Labute approximate surface area is 125 Å². The highest BCUT2D eigenvalue weighted by atomic mass is 35.5. The zero-order valence-electron chi connectivity index (χ0n) is 12.1.